The van der Waals surface area contributed by atoms with Gasteiger partial charge in [-0.1, -0.05) is 12.1 Å². The lowest BCUT2D eigenvalue weighted by Gasteiger charge is -2.36. The van der Waals surface area contributed by atoms with Crippen LogP contribution in [0.25, 0.3) is 11.3 Å². The zero-order valence-corrected chi connectivity index (χ0v) is 17.2. The van der Waals surface area contributed by atoms with Crippen LogP contribution in [0, 0.1) is 6.92 Å². The van der Waals surface area contributed by atoms with Crippen LogP contribution >= 0.6 is 0 Å². The van der Waals surface area contributed by atoms with Gasteiger partial charge in [-0.25, -0.2) is 0 Å². The molecule has 1 atom stereocenters. The number of aryl methyl sites for hydroxylation is 1. The van der Waals surface area contributed by atoms with E-state index in [0.717, 1.165) is 28.4 Å². The third-order valence-electron chi connectivity index (χ3n) is 5.17. The standard InChI is InChI=1S/C23H25N5O2/c1-17-5-3-7-20(15-17)30-18(2)23(29)28-13-11-27(12-14-28)22-9-8-21(25-26-22)19-6-4-10-24-16-19/h3-10,15-16,18H,11-14H2,1-2H3. The van der Waals surface area contributed by atoms with Crippen molar-refractivity contribution in [2.24, 2.45) is 0 Å². The van der Waals surface area contributed by atoms with E-state index in [1.165, 1.54) is 0 Å². The van der Waals surface area contributed by atoms with Gasteiger partial charge in [0.15, 0.2) is 11.9 Å². The summed E-state index contributed by atoms with van der Waals surface area (Å²) < 4.78 is 5.84. The number of piperazine rings is 1. The minimum atomic E-state index is -0.517. The summed E-state index contributed by atoms with van der Waals surface area (Å²) >= 11 is 0. The van der Waals surface area contributed by atoms with Gasteiger partial charge in [0.25, 0.3) is 5.91 Å². The summed E-state index contributed by atoms with van der Waals surface area (Å²) in [4.78, 5) is 20.9. The Morgan fingerprint density at radius 1 is 1.03 bits per heavy atom. The molecule has 0 radical (unpaired) electrons. The number of benzene rings is 1. The molecule has 1 unspecified atom stereocenters. The molecule has 3 aromatic rings. The molecule has 0 saturated carbocycles. The number of pyridine rings is 1. The lowest BCUT2D eigenvalue weighted by atomic mass is 10.2. The van der Waals surface area contributed by atoms with Crippen LogP contribution in [0.2, 0.25) is 0 Å². The summed E-state index contributed by atoms with van der Waals surface area (Å²) in [6.07, 6.45) is 2.99. The highest BCUT2D eigenvalue weighted by molar-refractivity contribution is 5.81. The molecular formula is C23H25N5O2. The molecule has 1 aliphatic rings. The lowest BCUT2D eigenvalue weighted by Crippen LogP contribution is -2.52. The summed E-state index contributed by atoms with van der Waals surface area (Å²) in [5, 5.41) is 8.70. The van der Waals surface area contributed by atoms with E-state index in [1.807, 2.05) is 60.4 Å². The average Bonchev–Trinajstić information content (AvgIpc) is 2.79. The summed E-state index contributed by atoms with van der Waals surface area (Å²) in [6.45, 7) is 6.50. The van der Waals surface area contributed by atoms with Crippen molar-refractivity contribution in [2.75, 3.05) is 31.1 Å². The fourth-order valence-corrected chi connectivity index (χ4v) is 3.52. The molecule has 3 heterocycles. The van der Waals surface area contributed by atoms with Crippen molar-refractivity contribution >= 4 is 11.7 Å². The fourth-order valence-electron chi connectivity index (χ4n) is 3.52. The second-order valence-electron chi connectivity index (χ2n) is 7.41. The van der Waals surface area contributed by atoms with Gasteiger partial charge in [-0.3, -0.25) is 9.78 Å². The molecule has 4 rings (SSSR count). The van der Waals surface area contributed by atoms with Crippen LogP contribution in [0.3, 0.4) is 0 Å². The zero-order valence-electron chi connectivity index (χ0n) is 17.2. The van der Waals surface area contributed by atoms with Crippen LogP contribution in [0.15, 0.2) is 60.9 Å². The fraction of sp³-hybridized carbons (Fsp3) is 0.304. The Labute approximate surface area is 176 Å². The monoisotopic (exact) mass is 403 g/mol. The van der Waals surface area contributed by atoms with E-state index in [1.54, 1.807) is 19.3 Å². The largest absolute Gasteiger partial charge is 0.481 e. The molecule has 2 aromatic heterocycles. The average molecular weight is 403 g/mol. The zero-order chi connectivity index (χ0) is 20.9. The number of carbonyl (C=O) groups excluding carboxylic acids is 1. The van der Waals surface area contributed by atoms with Crippen LogP contribution in [-0.2, 0) is 4.79 Å². The van der Waals surface area contributed by atoms with Crippen molar-refractivity contribution in [1.29, 1.82) is 0 Å². The molecule has 1 aromatic carbocycles. The summed E-state index contributed by atoms with van der Waals surface area (Å²) in [5.74, 6) is 1.55. The summed E-state index contributed by atoms with van der Waals surface area (Å²) in [7, 11) is 0. The van der Waals surface area contributed by atoms with Crippen molar-refractivity contribution in [2.45, 2.75) is 20.0 Å². The quantitative estimate of drug-likeness (QED) is 0.652. The van der Waals surface area contributed by atoms with Crippen LogP contribution in [0.4, 0.5) is 5.82 Å². The number of amides is 1. The van der Waals surface area contributed by atoms with Gasteiger partial charge in [-0.05, 0) is 55.8 Å². The van der Waals surface area contributed by atoms with Gasteiger partial charge < -0.3 is 14.5 Å². The van der Waals surface area contributed by atoms with E-state index in [9.17, 15) is 4.79 Å². The Hall–Kier alpha value is -3.48. The van der Waals surface area contributed by atoms with E-state index in [2.05, 4.69) is 20.1 Å². The number of hydrogen-bond donors (Lipinski definition) is 0. The smallest absolute Gasteiger partial charge is 0.263 e. The van der Waals surface area contributed by atoms with Gasteiger partial charge in [-0.2, -0.15) is 0 Å². The molecular weight excluding hydrogens is 378 g/mol. The molecule has 1 saturated heterocycles. The Bertz CT molecular complexity index is 986. The van der Waals surface area contributed by atoms with Crippen molar-refractivity contribution < 1.29 is 9.53 Å². The second-order valence-corrected chi connectivity index (χ2v) is 7.41. The number of ether oxygens (including phenoxy) is 1. The highest BCUT2D eigenvalue weighted by atomic mass is 16.5. The van der Waals surface area contributed by atoms with Crippen molar-refractivity contribution in [1.82, 2.24) is 20.1 Å². The van der Waals surface area contributed by atoms with Gasteiger partial charge in [0.1, 0.15) is 5.75 Å². The highest BCUT2D eigenvalue weighted by Crippen LogP contribution is 2.19. The number of hydrogen-bond acceptors (Lipinski definition) is 6. The normalized spacial score (nSPS) is 15.0. The molecule has 7 heteroatoms. The van der Waals surface area contributed by atoms with Gasteiger partial charge in [0.05, 0.1) is 5.69 Å². The predicted octanol–water partition coefficient (Wildman–Crippen LogP) is 2.96. The van der Waals surface area contributed by atoms with Crippen molar-refractivity contribution in [3.63, 3.8) is 0 Å². The van der Waals surface area contributed by atoms with Gasteiger partial charge in [-0.15, -0.1) is 10.2 Å². The molecule has 1 amide bonds. The summed E-state index contributed by atoms with van der Waals surface area (Å²) in [5.41, 5.74) is 2.84. The third kappa shape index (κ3) is 4.56. The lowest BCUT2D eigenvalue weighted by molar-refractivity contribution is -0.138. The first-order valence-electron chi connectivity index (χ1n) is 10.1. The Balaban J connectivity index is 1.32. The van der Waals surface area contributed by atoms with E-state index in [0.29, 0.717) is 26.2 Å². The highest BCUT2D eigenvalue weighted by Gasteiger charge is 2.26. The maximum atomic E-state index is 12.8. The molecule has 1 aliphatic heterocycles. The molecule has 0 aliphatic carbocycles. The predicted molar refractivity (Wildman–Crippen MR) is 115 cm³/mol. The van der Waals surface area contributed by atoms with E-state index < -0.39 is 6.10 Å². The van der Waals surface area contributed by atoms with E-state index in [4.69, 9.17) is 4.74 Å². The molecule has 0 spiro atoms. The van der Waals surface area contributed by atoms with Crippen molar-refractivity contribution in [3.05, 3.63) is 66.5 Å². The number of carbonyl (C=O) groups is 1. The number of aromatic nitrogens is 3. The SMILES string of the molecule is Cc1cccc(OC(C)C(=O)N2CCN(c3ccc(-c4cccnc4)nn3)CC2)c1. The van der Waals surface area contributed by atoms with Crippen molar-refractivity contribution in [3.8, 4) is 17.0 Å². The molecule has 0 N–H and O–H groups in total. The van der Waals surface area contributed by atoms with Gasteiger partial charge >= 0.3 is 0 Å². The number of nitrogens with zero attached hydrogens (tertiary/aromatic N) is 5. The number of anilines is 1. The van der Waals surface area contributed by atoms with Crippen LogP contribution < -0.4 is 9.64 Å². The topological polar surface area (TPSA) is 71.5 Å². The van der Waals surface area contributed by atoms with Crippen LogP contribution in [-0.4, -0.2) is 58.3 Å². The molecule has 7 nitrogen and oxygen atoms in total. The second kappa shape index (κ2) is 8.90. The first-order chi connectivity index (χ1) is 14.6. The maximum Gasteiger partial charge on any atom is 0.263 e. The Kier molecular flexibility index (Phi) is 5.88. The molecule has 154 valence electrons. The molecule has 1 fully saturated rings. The minimum Gasteiger partial charge on any atom is -0.481 e. The first kappa shape index (κ1) is 19.8. The van der Waals surface area contributed by atoms with E-state index in [-0.39, 0.29) is 5.91 Å². The minimum absolute atomic E-state index is 0.00849. The third-order valence-corrected chi connectivity index (χ3v) is 5.17. The van der Waals surface area contributed by atoms with Crippen LogP contribution in [0.5, 0.6) is 5.75 Å². The molecule has 30 heavy (non-hydrogen) atoms. The number of rotatable bonds is 5. The van der Waals surface area contributed by atoms with E-state index >= 15 is 0 Å². The Morgan fingerprint density at radius 2 is 1.87 bits per heavy atom. The molecule has 0 bridgehead atoms. The first-order valence-corrected chi connectivity index (χ1v) is 10.1. The summed E-state index contributed by atoms with van der Waals surface area (Å²) in [6, 6.07) is 15.5. The van der Waals surface area contributed by atoms with Gasteiger partial charge in [0, 0.05) is 44.1 Å². The maximum absolute atomic E-state index is 12.8. The van der Waals surface area contributed by atoms with Gasteiger partial charge in [0.2, 0.25) is 0 Å². The van der Waals surface area contributed by atoms with Crippen LogP contribution in [0.1, 0.15) is 12.5 Å². The Morgan fingerprint density at radius 3 is 2.53 bits per heavy atom.